The van der Waals surface area contributed by atoms with Gasteiger partial charge in [-0.1, -0.05) is 19.1 Å². The molecule has 4 heteroatoms. The monoisotopic (exact) mass is 288 g/mol. The molecule has 2 nitrogen and oxygen atoms in total. The van der Waals surface area contributed by atoms with Crippen LogP contribution in [-0.4, -0.2) is 15.7 Å². The van der Waals surface area contributed by atoms with Crippen LogP contribution in [0, 0.1) is 0 Å². The highest BCUT2D eigenvalue weighted by Crippen LogP contribution is 2.19. The van der Waals surface area contributed by atoms with E-state index in [1.54, 1.807) is 6.07 Å². The lowest BCUT2D eigenvalue weighted by Crippen LogP contribution is -2.10. The molecule has 0 aliphatic rings. The van der Waals surface area contributed by atoms with Crippen LogP contribution in [0.3, 0.4) is 0 Å². The maximum absolute atomic E-state index is 11.8. The Balaban J connectivity index is 2.70. The Hall–Kier alpha value is -0.480. The van der Waals surface area contributed by atoms with Gasteiger partial charge in [0.15, 0.2) is 0 Å². The van der Waals surface area contributed by atoms with Crippen LogP contribution in [0.5, 0.6) is 0 Å². The molecule has 0 amide bonds. The van der Waals surface area contributed by atoms with Crippen LogP contribution >= 0.6 is 15.9 Å². The van der Waals surface area contributed by atoms with Gasteiger partial charge in [-0.15, -0.1) is 0 Å². The van der Waals surface area contributed by atoms with E-state index in [0.29, 0.717) is 11.3 Å². The predicted molar refractivity (Wildman–Crippen MR) is 65.3 cm³/mol. The Bertz CT molecular complexity index is 377. The van der Waals surface area contributed by atoms with Crippen molar-refractivity contribution in [3.63, 3.8) is 0 Å². The van der Waals surface area contributed by atoms with Crippen LogP contribution in [0.4, 0.5) is 0 Å². The number of hydrogen-bond donors (Lipinski definition) is 0. The predicted octanol–water partition coefficient (Wildman–Crippen LogP) is 2.93. The molecule has 1 unspecified atom stereocenters. The highest BCUT2D eigenvalue weighted by Gasteiger charge is 2.11. The zero-order valence-electron chi connectivity index (χ0n) is 8.53. The Morgan fingerprint density at radius 2 is 2.07 bits per heavy atom. The van der Waals surface area contributed by atoms with Gasteiger partial charge in [-0.05, 0) is 34.5 Å². The van der Waals surface area contributed by atoms with Crippen molar-refractivity contribution < 1.29 is 9.00 Å². The van der Waals surface area contributed by atoms with Crippen molar-refractivity contribution in [1.82, 2.24) is 0 Å². The molecule has 0 fully saturated rings. The first-order chi connectivity index (χ1) is 7.15. The van der Waals surface area contributed by atoms with Crippen LogP contribution < -0.4 is 0 Å². The normalized spacial score (nSPS) is 12.4. The summed E-state index contributed by atoms with van der Waals surface area (Å²) in [5.74, 6) is 0.183. The summed E-state index contributed by atoms with van der Waals surface area (Å²) in [5.41, 5.74) is 0. The lowest BCUT2D eigenvalue weighted by atomic mass is 10.3. The third-order valence-corrected chi connectivity index (χ3v) is 4.29. The van der Waals surface area contributed by atoms with Crippen LogP contribution in [0.2, 0.25) is 0 Å². The highest BCUT2D eigenvalue weighted by atomic mass is 79.9. The number of benzene rings is 1. The fraction of sp³-hybridized carbons (Fsp3) is 0.364. The second-order valence-electron chi connectivity index (χ2n) is 3.21. The van der Waals surface area contributed by atoms with Crippen molar-refractivity contribution >= 4 is 32.5 Å². The zero-order chi connectivity index (χ0) is 11.3. The van der Waals surface area contributed by atoms with Gasteiger partial charge in [0, 0.05) is 10.9 Å². The molecule has 1 aromatic rings. The third-order valence-electron chi connectivity index (χ3n) is 1.90. The summed E-state index contributed by atoms with van der Waals surface area (Å²) in [7, 11) is -1.22. The molecule has 1 atom stereocenters. The fourth-order valence-corrected chi connectivity index (χ4v) is 3.14. The smallest absolute Gasteiger partial charge is 0.145 e. The van der Waals surface area contributed by atoms with Gasteiger partial charge in [0.1, 0.15) is 5.78 Å². The van der Waals surface area contributed by atoms with E-state index in [0.717, 1.165) is 10.9 Å². The van der Waals surface area contributed by atoms with E-state index in [1.165, 1.54) is 0 Å². The quantitative estimate of drug-likeness (QED) is 0.835. The molecule has 1 rings (SSSR count). The Morgan fingerprint density at radius 1 is 1.40 bits per heavy atom. The lowest BCUT2D eigenvalue weighted by molar-refractivity contribution is -0.116. The van der Waals surface area contributed by atoms with Crippen molar-refractivity contribution in [1.29, 1.82) is 0 Å². The Labute approximate surface area is 101 Å². The average molecular weight is 289 g/mol. The van der Waals surface area contributed by atoms with Gasteiger partial charge in [-0.2, -0.15) is 0 Å². The van der Waals surface area contributed by atoms with Crippen LogP contribution in [0.1, 0.15) is 19.8 Å². The number of hydrogen-bond acceptors (Lipinski definition) is 2. The van der Waals surface area contributed by atoms with Crippen LogP contribution in [0.25, 0.3) is 0 Å². The minimum absolute atomic E-state index is 0.0617. The summed E-state index contributed by atoms with van der Waals surface area (Å²) in [5, 5.41) is 0. The SMILES string of the molecule is CCCC(=O)CS(=O)c1ccccc1Br. The molecule has 0 saturated carbocycles. The average Bonchev–Trinajstić information content (AvgIpc) is 2.18. The lowest BCUT2D eigenvalue weighted by Gasteiger charge is -2.03. The first-order valence-corrected chi connectivity index (χ1v) is 6.91. The minimum Gasteiger partial charge on any atom is -0.299 e. The summed E-state index contributed by atoms with van der Waals surface area (Å²) in [6.45, 7) is 1.94. The number of ketones is 1. The van der Waals surface area contributed by atoms with Gasteiger partial charge < -0.3 is 0 Å². The molecule has 0 saturated heterocycles. The molecule has 0 aliphatic heterocycles. The van der Waals surface area contributed by atoms with E-state index in [2.05, 4.69) is 15.9 Å². The molecular weight excluding hydrogens is 276 g/mol. The Morgan fingerprint density at radius 3 is 2.67 bits per heavy atom. The van der Waals surface area contributed by atoms with Crippen LogP contribution in [-0.2, 0) is 15.6 Å². The van der Waals surface area contributed by atoms with E-state index >= 15 is 0 Å². The van der Waals surface area contributed by atoms with Crippen molar-refractivity contribution in [2.45, 2.75) is 24.7 Å². The van der Waals surface area contributed by atoms with Gasteiger partial charge in [-0.3, -0.25) is 9.00 Å². The standard InChI is InChI=1S/C11H13BrO2S/c1-2-5-9(13)8-15(14)11-7-4-3-6-10(11)12/h3-4,6-7H,2,5,8H2,1H3. The summed E-state index contributed by atoms with van der Waals surface area (Å²) in [4.78, 5) is 12.0. The molecule has 0 heterocycles. The van der Waals surface area contributed by atoms with Crippen LogP contribution in [0.15, 0.2) is 33.6 Å². The molecule has 0 aromatic heterocycles. The number of carbonyl (C=O) groups excluding carboxylic acids is 1. The fourth-order valence-electron chi connectivity index (χ4n) is 1.20. The molecule has 15 heavy (non-hydrogen) atoms. The maximum atomic E-state index is 11.8. The van der Waals surface area contributed by atoms with E-state index in [-0.39, 0.29) is 11.5 Å². The maximum Gasteiger partial charge on any atom is 0.145 e. The van der Waals surface area contributed by atoms with E-state index in [9.17, 15) is 9.00 Å². The summed E-state index contributed by atoms with van der Waals surface area (Å²) in [6, 6.07) is 7.29. The summed E-state index contributed by atoms with van der Waals surface area (Å²) >= 11 is 3.32. The molecule has 0 aliphatic carbocycles. The molecule has 1 aromatic carbocycles. The van der Waals surface area contributed by atoms with Gasteiger partial charge in [0.2, 0.25) is 0 Å². The van der Waals surface area contributed by atoms with Crippen molar-refractivity contribution in [3.05, 3.63) is 28.7 Å². The molecule has 0 N–H and O–H groups in total. The number of rotatable bonds is 5. The highest BCUT2D eigenvalue weighted by molar-refractivity contribution is 9.10. The second-order valence-corrected chi connectivity index (χ2v) is 5.48. The first-order valence-electron chi connectivity index (χ1n) is 4.79. The molecule has 82 valence electrons. The molecular formula is C11H13BrO2S. The van der Waals surface area contributed by atoms with E-state index in [1.807, 2.05) is 25.1 Å². The van der Waals surface area contributed by atoms with Gasteiger partial charge in [0.05, 0.1) is 21.4 Å². The van der Waals surface area contributed by atoms with E-state index < -0.39 is 10.8 Å². The summed E-state index contributed by atoms with van der Waals surface area (Å²) < 4.78 is 12.6. The molecule has 0 spiro atoms. The number of Topliss-reactive ketones (excluding diaryl/α,β-unsaturated/α-hetero) is 1. The van der Waals surface area contributed by atoms with Crippen molar-refractivity contribution in [3.8, 4) is 0 Å². The second kappa shape index (κ2) is 6.18. The third kappa shape index (κ3) is 3.87. The number of carbonyl (C=O) groups is 1. The van der Waals surface area contributed by atoms with E-state index in [4.69, 9.17) is 0 Å². The molecule has 0 radical (unpaired) electrons. The first kappa shape index (κ1) is 12.6. The van der Waals surface area contributed by atoms with Crippen molar-refractivity contribution in [2.24, 2.45) is 0 Å². The largest absolute Gasteiger partial charge is 0.299 e. The minimum atomic E-state index is -1.22. The molecule has 0 bridgehead atoms. The van der Waals surface area contributed by atoms with Gasteiger partial charge in [-0.25, -0.2) is 0 Å². The number of halogens is 1. The summed E-state index contributed by atoms with van der Waals surface area (Å²) in [6.07, 6.45) is 1.32. The Kier molecular flexibility index (Phi) is 5.19. The van der Waals surface area contributed by atoms with Crippen molar-refractivity contribution in [2.75, 3.05) is 5.75 Å². The zero-order valence-corrected chi connectivity index (χ0v) is 10.9. The van der Waals surface area contributed by atoms with Gasteiger partial charge in [0.25, 0.3) is 0 Å². The van der Waals surface area contributed by atoms with Gasteiger partial charge >= 0.3 is 0 Å². The topological polar surface area (TPSA) is 34.1 Å².